The summed E-state index contributed by atoms with van der Waals surface area (Å²) in [4.78, 5) is 2.69. The largest absolute Gasteiger partial charge is 0.396 e. The molecule has 1 saturated heterocycles. The van der Waals surface area contributed by atoms with Crippen LogP contribution in [-0.4, -0.2) is 41.8 Å². The fourth-order valence-corrected chi connectivity index (χ4v) is 3.82. The van der Waals surface area contributed by atoms with Gasteiger partial charge in [-0.1, -0.05) is 19.3 Å². The third-order valence-corrected chi connectivity index (χ3v) is 4.73. The molecule has 0 aromatic carbocycles. The van der Waals surface area contributed by atoms with Crippen LogP contribution in [0.2, 0.25) is 0 Å². The van der Waals surface area contributed by atoms with Gasteiger partial charge in [-0.2, -0.15) is 0 Å². The maximum atomic E-state index is 9.21. The van der Waals surface area contributed by atoms with E-state index in [1.807, 2.05) is 0 Å². The van der Waals surface area contributed by atoms with Crippen LogP contribution in [0.4, 0.5) is 0 Å². The maximum absolute atomic E-state index is 9.21. The molecule has 0 aromatic heterocycles. The van der Waals surface area contributed by atoms with Crippen molar-refractivity contribution in [1.29, 1.82) is 0 Å². The second-order valence-corrected chi connectivity index (χ2v) is 5.75. The molecule has 1 aliphatic carbocycles. The smallest absolute Gasteiger partial charge is 0.0445 e. The second-order valence-electron chi connectivity index (χ2n) is 5.75. The summed E-state index contributed by atoms with van der Waals surface area (Å²) in [6.07, 6.45) is 10.2. The first kappa shape index (κ1) is 13.3. The van der Waals surface area contributed by atoms with Crippen molar-refractivity contribution in [1.82, 2.24) is 4.90 Å². The van der Waals surface area contributed by atoms with Gasteiger partial charge in [0.05, 0.1) is 0 Å². The lowest BCUT2D eigenvalue weighted by molar-refractivity contribution is 0.0301. The molecule has 0 bridgehead atoms. The number of nitrogens with two attached hydrogens (primary N) is 1. The molecule has 17 heavy (non-hydrogen) atoms. The van der Waals surface area contributed by atoms with Gasteiger partial charge in [0.2, 0.25) is 0 Å². The van der Waals surface area contributed by atoms with Crippen molar-refractivity contribution in [3.63, 3.8) is 0 Å². The number of nitrogens with zero attached hydrogens (tertiary/aromatic N) is 1. The lowest BCUT2D eigenvalue weighted by Gasteiger charge is -2.46. The van der Waals surface area contributed by atoms with Crippen LogP contribution < -0.4 is 5.73 Å². The number of hydrogen-bond donors (Lipinski definition) is 2. The highest BCUT2D eigenvalue weighted by atomic mass is 16.3. The van der Waals surface area contributed by atoms with Gasteiger partial charge in [0.25, 0.3) is 0 Å². The fourth-order valence-electron chi connectivity index (χ4n) is 3.82. The summed E-state index contributed by atoms with van der Waals surface area (Å²) < 4.78 is 0. The van der Waals surface area contributed by atoms with Crippen LogP contribution in [0.5, 0.6) is 0 Å². The molecule has 3 heteroatoms. The molecular formula is C14H28N2O. The zero-order valence-electron chi connectivity index (χ0n) is 11.0. The van der Waals surface area contributed by atoms with Crippen molar-refractivity contribution in [3.8, 4) is 0 Å². The minimum Gasteiger partial charge on any atom is -0.396 e. The summed E-state index contributed by atoms with van der Waals surface area (Å²) in [5.41, 5.74) is 5.94. The highest BCUT2D eigenvalue weighted by molar-refractivity contribution is 4.89. The second kappa shape index (κ2) is 6.72. The van der Waals surface area contributed by atoms with Gasteiger partial charge in [0, 0.05) is 18.7 Å². The molecule has 1 aliphatic heterocycles. The molecule has 2 aliphatic rings. The van der Waals surface area contributed by atoms with Crippen molar-refractivity contribution in [2.45, 2.75) is 63.5 Å². The standard InChI is InChI=1S/C14H28N2O/c15-11-12-5-1-2-7-14(12)16-9-4-3-6-13(16)8-10-17/h12-14,17H,1-11,15H2. The van der Waals surface area contributed by atoms with E-state index in [1.54, 1.807) is 0 Å². The maximum Gasteiger partial charge on any atom is 0.0445 e. The predicted molar refractivity (Wildman–Crippen MR) is 70.8 cm³/mol. The van der Waals surface area contributed by atoms with Gasteiger partial charge in [0.1, 0.15) is 0 Å². The van der Waals surface area contributed by atoms with Gasteiger partial charge >= 0.3 is 0 Å². The normalized spacial score (nSPS) is 36.0. The predicted octanol–water partition coefficient (Wildman–Crippen LogP) is 1.74. The Morgan fingerprint density at radius 1 is 1.06 bits per heavy atom. The fraction of sp³-hybridized carbons (Fsp3) is 1.00. The Kier molecular flexibility index (Phi) is 5.26. The van der Waals surface area contributed by atoms with E-state index in [1.165, 1.54) is 51.5 Å². The summed E-state index contributed by atoms with van der Waals surface area (Å²) in [5, 5.41) is 9.21. The van der Waals surface area contributed by atoms with Crippen molar-refractivity contribution >= 4 is 0 Å². The van der Waals surface area contributed by atoms with Gasteiger partial charge in [0.15, 0.2) is 0 Å². The molecule has 2 rings (SSSR count). The molecule has 1 heterocycles. The van der Waals surface area contributed by atoms with E-state index in [0.717, 1.165) is 13.0 Å². The molecule has 0 radical (unpaired) electrons. The number of hydrogen-bond acceptors (Lipinski definition) is 3. The van der Waals surface area contributed by atoms with Crippen LogP contribution in [-0.2, 0) is 0 Å². The highest BCUT2D eigenvalue weighted by Crippen LogP contribution is 2.32. The zero-order valence-corrected chi connectivity index (χ0v) is 11.0. The molecule has 100 valence electrons. The van der Waals surface area contributed by atoms with E-state index in [2.05, 4.69) is 4.90 Å². The zero-order chi connectivity index (χ0) is 12.1. The molecule has 3 N–H and O–H groups in total. The molecule has 1 saturated carbocycles. The van der Waals surface area contributed by atoms with Crippen LogP contribution >= 0.6 is 0 Å². The van der Waals surface area contributed by atoms with E-state index in [-0.39, 0.29) is 0 Å². The molecule has 3 atom stereocenters. The number of rotatable bonds is 4. The van der Waals surface area contributed by atoms with E-state index in [0.29, 0.717) is 24.6 Å². The van der Waals surface area contributed by atoms with Crippen molar-refractivity contribution < 1.29 is 5.11 Å². The molecular weight excluding hydrogens is 212 g/mol. The molecule has 0 aromatic rings. The van der Waals surface area contributed by atoms with Crippen molar-refractivity contribution in [2.75, 3.05) is 19.7 Å². The van der Waals surface area contributed by atoms with Crippen LogP contribution in [0.15, 0.2) is 0 Å². The Morgan fingerprint density at radius 2 is 1.82 bits per heavy atom. The lowest BCUT2D eigenvalue weighted by Crippen LogP contribution is -2.52. The van der Waals surface area contributed by atoms with Crippen LogP contribution in [0, 0.1) is 5.92 Å². The Balaban J connectivity index is 2.00. The average Bonchev–Trinajstić information content (AvgIpc) is 2.40. The quantitative estimate of drug-likeness (QED) is 0.787. The lowest BCUT2D eigenvalue weighted by atomic mass is 9.81. The highest BCUT2D eigenvalue weighted by Gasteiger charge is 2.34. The molecule has 0 amide bonds. The SMILES string of the molecule is NCC1CCCCC1N1CCCCC1CCO. The van der Waals surface area contributed by atoms with Crippen molar-refractivity contribution in [2.24, 2.45) is 11.7 Å². The van der Waals surface area contributed by atoms with Crippen LogP contribution in [0.25, 0.3) is 0 Å². The Bertz CT molecular complexity index is 220. The Labute approximate surface area is 105 Å². The summed E-state index contributed by atoms with van der Waals surface area (Å²) in [6.45, 7) is 2.40. The molecule has 0 spiro atoms. The number of aliphatic hydroxyl groups excluding tert-OH is 1. The van der Waals surface area contributed by atoms with Crippen LogP contribution in [0.3, 0.4) is 0 Å². The first-order valence-electron chi connectivity index (χ1n) is 7.43. The number of likely N-dealkylation sites (tertiary alicyclic amines) is 1. The van der Waals surface area contributed by atoms with Gasteiger partial charge in [-0.3, -0.25) is 4.90 Å². The van der Waals surface area contributed by atoms with Gasteiger partial charge in [-0.15, -0.1) is 0 Å². The minimum absolute atomic E-state index is 0.335. The number of aliphatic hydroxyl groups is 1. The summed E-state index contributed by atoms with van der Waals surface area (Å²) >= 11 is 0. The third kappa shape index (κ3) is 3.21. The molecule has 2 fully saturated rings. The van der Waals surface area contributed by atoms with E-state index in [4.69, 9.17) is 5.73 Å². The van der Waals surface area contributed by atoms with E-state index < -0.39 is 0 Å². The molecule has 3 unspecified atom stereocenters. The van der Waals surface area contributed by atoms with Crippen molar-refractivity contribution in [3.05, 3.63) is 0 Å². The molecule has 3 nitrogen and oxygen atoms in total. The van der Waals surface area contributed by atoms with Crippen LogP contribution in [0.1, 0.15) is 51.4 Å². The Morgan fingerprint density at radius 3 is 2.59 bits per heavy atom. The summed E-state index contributed by atoms with van der Waals surface area (Å²) in [5.74, 6) is 0.697. The Hall–Kier alpha value is -0.120. The van der Waals surface area contributed by atoms with Gasteiger partial charge in [-0.25, -0.2) is 0 Å². The van der Waals surface area contributed by atoms with E-state index in [9.17, 15) is 5.11 Å². The van der Waals surface area contributed by atoms with Gasteiger partial charge in [-0.05, 0) is 51.1 Å². The first-order valence-corrected chi connectivity index (χ1v) is 7.43. The average molecular weight is 240 g/mol. The first-order chi connectivity index (χ1) is 8.36. The monoisotopic (exact) mass is 240 g/mol. The summed E-state index contributed by atoms with van der Waals surface area (Å²) in [7, 11) is 0. The van der Waals surface area contributed by atoms with Gasteiger partial charge < -0.3 is 10.8 Å². The minimum atomic E-state index is 0.335. The number of piperidine rings is 1. The van der Waals surface area contributed by atoms with E-state index >= 15 is 0 Å². The topological polar surface area (TPSA) is 49.5 Å². The summed E-state index contributed by atoms with van der Waals surface area (Å²) in [6, 6.07) is 1.32. The third-order valence-electron chi connectivity index (χ3n) is 4.73.